The first-order chi connectivity index (χ1) is 24.4. The summed E-state index contributed by atoms with van der Waals surface area (Å²) in [5, 5.41) is 1.15. The monoisotopic (exact) mass is 698 g/mol. The number of hydrogen-bond acceptors (Lipinski definition) is 3. The normalized spacial score (nSPS) is 14.8. The molecule has 0 radical (unpaired) electrons. The molecule has 2 amide bonds. The molecule has 8 heteroatoms. The van der Waals surface area contributed by atoms with Crippen molar-refractivity contribution in [1.29, 1.82) is 0 Å². The number of nitrogens with zero attached hydrogens (tertiary/aromatic N) is 4. The minimum atomic E-state index is -0.668. The Bertz CT molecular complexity index is 1950. The third-order valence-electron chi connectivity index (χ3n) is 9.54. The van der Waals surface area contributed by atoms with Gasteiger partial charge in [0.05, 0.1) is 18.1 Å². The lowest BCUT2D eigenvalue weighted by atomic mass is 9.77. The summed E-state index contributed by atoms with van der Waals surface area (Å²) in [6.07, 6.45) is 5.27. The second kappa shape index (κ2) is 14.8. The number of carbonyl (C=O) groups is 2. The summed E-state index contributed by atoms with van der Waals surface area (Å²) < 4.78 is 2.20. The molecule has 2 heterocycles. The van der Waals surface area contributed by atoms with Gasteiger partial charge in [0.1, 0.15) is 5.54 Å². The molecule has 6 aromatic rings. The van der Waals surface area contributed by atoms with E-state index < -0.39 is 5.54 Å². The van der Waals surface area contributed by atoms with E-state index in [2.05, 4.69) is 83.6 Å². The van der Waals surface area contributed by atoms with Crippen LogP contribution in [0.15, 0.2) is 152 Å². The van der Waals surface area contributed by atoms with Crippen molar-refractivity contribution in [3.8, 4) is 0 Å². The molecule has 0 N–H and O–H groups in total. The van der Waals surface area contributed by atoms with E-state index in [1.54, 1.807) is 48.5 Å². The fourth-order valence-electron chi connectivity index (χ4n) is 7.06. The molecule has 1 saturated heterocycles. The van der Waals surface area contributed by atoms with E-state index in [4.69, 9.17) is 28.2 Å². The van der Waals surface area contributed by atoms with Crippen LogP contribution in [0.3, 0.4) is 0 Å². The van der Waals surface area contributed by atoms with Crippen LogP contribution < -0.4 is 0 Å². The van der Waals surface area contributed by atoms with Crippen LogP contribution in [0.5, 0.6) is 0 Å². The highest BCUT2D eigenvalue weighted by molar-refractivity contribution is 6.31. The van der Waals surface area contributed by atoms with Gasteiger partial charge in [0.15, 0.2) is 0 Å². The summed E-state index contributed by atoms with van der Waals surface area (Å²) >= 11 is 12.2. The third kappa shape index (κ3) is 6.69. The number of rotatable bonds is 9. The first-order valence-electron chi connectivity index (χ1n) is 16.7. The lowest BCUT2D eigenvalue weighted by Crippen LogP contribution is -2.56. The maximum Gasteiger partial charge on any atom is 0.254 e. The Balaban J connectivity index is 1.21. The van der Waals surface area contributed by atoms with Crippen LogP contribution in [0.2, 0.25) is 10.0 Å². The van der Waals surface area contributed by atoms with Crippen molar-refractivity contribution in [2.24, 2.45) is 0 Å². The lowest BCUT2D eigenvalue weighted by Gasteiger charge is -2.41. The SMILES string of the molecule is O=C(c1ccc(Cl)cc1)N1CCN(C(=O)c2ccc(Cl)cc2)C(CCc2cn(C(c3ccccc3)(c3ccccc3)c3ccccc3)cn2)C1. The molecule has 1 aromatic heterocycles. The molecule has 1 atom stereocenters. The largest absolute Gasteiger partial charge is 0.335 e. The summed E-state index contributed by atoms with van der Waals surface area (Å²) in [4.78, 5) is 36.1. The molecule has 50 heavy (non-hydrogen) atoms. The Kier molecular flexibility index (Phi) is 9.83. The quantitative estimate of drug-likeness (QED) is 0.142. The van der Waals surface area contributed by atoms with Crippen LogP contribution in [-0.2, 0) is 12.0 Å². The van der Waals surface area contributed by atoms with Crippen molar-refractivity contribution < 1.29 is 9.59 Å². The third-order valence-corrected chi connectivity index (χ3v) is 10.0. The van der Waals surface area contributed by atoms with Gasteiger partial charge in [-0.05, 0) is 78.1 Å². The van der Waals surface area contributed by atoms with E-state index in [9.17, 15) is 9.59 Å². The van der Waals surface area contributed by atoms with E-state index in [1.165, 1.54) is 0 Å². The molecular weight excluding hydrogens is 663 g/mol. The molecule has 0 bridgehead atoms. The highest BCUT2D eigenvalue weighted by Crippen LogP contribution is 2.41. The number of aromatic nitrogens is 2. The van der Waals surface area contributed by atoms with Crippen molar-refractivity contribution in [3.63, 3.8) is 0 Å². The Hall–Kier alpha value is -5.17. The van der Waals surface area contributed by atoms with Crippen molar-refractivity contribution >= 4 is 35.0 Å². The Labute approximate surface area is 302 Å². The fraction of sp³-hybridized carbons (Fsp3) is 0.167. The summed E-state index contributed by atoms with van der Waals surface area (Å²) in [6.45, 7) is 1.25. The number of amides is 2. The zero-order valence-electron chi connectivity index (χ0n) is 27.4. The van der Waals surface area contributed by atoms with E-state index in [-0.39, 0.29) is 17.9 Å². The Morgan fingerprint density at radius 3 is 1.62 bits per heavy atom. The van der Waals surface area contributed by atoms with Gasteiger partial charge in [0.2, 0.25) is 0 Å². The molecule has 6 nitrogen and oxygen atoms in total. The van der Waals surface area contributed by atoms with E-state index in [1.807, 2.05) is 34.3 Å². The van der Waals surface area contributed by atoms with Gasteiger partial charge in [-0.3, -0.25) is 9.59 Å². The summed E-state index contributed by atoms with van der Waals surface area (Å²) in [5.74, 6) is -0.153. The van der Waals surface area contributed by atoms with Crippen molar-refractivity contribution in [2.45, 2.75) is 24.4 Å². The van der Waals surface area contributed by atoms with Crippen LogP contribution in [0.4, 0.5) is 0 Å². The highest BCUT2D eigenvalue weighted by atomic mass is 35.5. The first-order valence-corrected chi connectivity index (χ1v) is 17.5. The fourth-order valence-corrected chi connectivity index (χ4v) is 7.32. The van der Waals surface area contributed by atoms with Crippen LogP contribution in [0.1, 0.15) is 49.5 Å². The summed E-state index contributed by atoms with van der Waals surface area (Å²) in [6, 6.07) is 45.2. The van der Waals surface area contributed by atoms with Gasteiger partial charge in [-0.25, -0.2) is 4.98 Å². The number of aryl methyl sites for hydroxylation is 1. The van der Waals surface area contributed by atoms with E-state index >= 15 is 0 Å². The Morgan fingerprint density at radius 2 is 1.12 bits per heavy atom. The number of halogens is 2. The topological polar surface area (TPSA) is 58.4 Å². The zero-order chi connectivity index (χ0) is 34.5. The number of hydrogen-bond donors (Lipinski definition) is 0. The molecule has 0 saturated carbocycles. The van der Waals surface area contributed by atoms with Gasteiger partial charge in [-0.15, -0.1) is 0 Å². The van der Waals surface area contributed by atoms with Gasteiger partial charge in [-0.2, -0.15) is 0 Å². The molecule has 1 aliphatic heterocycles. The van der Waals surface area contributed by atoms with Gasteiger partial charge < -0.3 is 14.4 Å². The van der Waals surface area contributed by atoms with Crippen molar-refractivity contribution in [3.05, 3.63) is 196 Å². The predicted molar refractivity (Wildman–Crippen MR) is 199 cm³/mol. The van der Waals surface area contributed by atoms with Crippen LogP contribution >= 0.6 is 23.2 Å². The lowest BCUT2D eigenvalue weighted by molar-refractivity contribution is 0.0372. The molecule has 1 unspecified atom stereocenters. The molecule has 0 spiro atoms. The van der Waals surface area contributed by atoms with Crippen LogP contribution in [0, 0.1) is 0 Å². The minimum absolute atomic E-state index is 0.0760. The maximum atomic E-state index is 13.9. The molecule has 1 aliphatic rings. The van der Waals surface area contributed by atoms with E-state index in [0.29, 0.717) is 53.6 Å². The maximum absolute atomic E-state index is 13.9. The van der Waals surface area contributed by atoms with E-state index in [0.717, 1.165) is 22.4 Å². The predicted octanol–water partition coefficient (Wildman–Crippen LogP) is 8.63. The molecule has 5 aromatic carbocycles. The van der Waals surface area contributed by atoms with Gasteiger partial charge >= 0.3 is 0 Å². The van der Waals surface area contributed by atoms with Gasteiger partial charge in [-0.1, -0.05) is 114 Å². The van der Waals surface area contributed by atoms with Crippen molar-refractivity contribution in [1.82, 2.24) is 19.4 Å². The number of piperazine rings is 1. The Morgan fingerprint density at radius 1 is 0.640 bits per heavy atom. The average Bonchev–Trinajstić information content (AvgIpc) is 3.65. The standard InChI is InChI=1S/C42H36Cl2N4O2/c43-36-20-16-31(17-21-36)40(49)46-26-27-48(41(50)32-18-22-37(44)23-19-32)39(29-46)25-24-38-28-47(30-45-38)42(33-10-4-1-5-11-33,34-12-6-2-7-13-34)35-14-8-3-9-15-35/h1-23,28,30,39H,24-27,29H2. The molecule has 7 rings (SSSR count). The average molecular weight is 700 g/mol. The molecule has 250 valence electrons. The first kappa shape index (κ1) is 33.3. The van der Waals surface area contributed by atoms with Gasteiger partial charge in [0.25, 0.3) is 11.8 Å². The number of carbonyl (C=O) groups excluding carboxylic acids is 2. The van der Waals surface area contributed by atoms with Gasteiger partial charge in [0, 0.05) is 47.0 Å². The number of imidazole rings is 1. The summed E-state index contributed by atoms with van der Waals surface area (Å²) in [7, 11) is 0. The minimum Gasteiger partial charge on any atom is -0.335 e. The molecule has 1 fully saturated rings. The van der Waals surface area contributed by atoms with Crippen LogP contribution in [-0.4, -0.2) is 56.8 Å². The second-order valence-corrected chi connectivity index (χ2v) is 13.4. The zero-order valence-corrected chi connectivity index (χ0v) is 28.9. The van der Waals surface area contributed by atoms with Crippen LogP contribution in [0.25, 0.3) is 0 Å². The molecule has 0 aliphatic carbocycles. The molecular formula is C42H36Cl2N4O2. The smallest absolute Gasteiger partial charge is 0.254 e. The highest BCUT2D eigenvalue weighted by Gasteiger charge is 2.39. The van der Waals surface area contributed by atoms with Crippen molar-refractivity contribution in [2.75, 3.05) is 19.6 Å². The second-order valence-electron chi connectivity index (χ2n) is 12.5. The number of benzene rings is 5. The summed E-state index contributed by atoms with van der Waals surface area (Å²) in [5.41, 5.74) is 4.72.